The first-order valence-electron chi connectivity index (χ1n) is 8.10. The Morgan fingerprint density at radius 3 is 2.60 bits per heavy atom. The molecular formula is C21H18N2OS. The molecule has 4 heteroatoms. The fourth-order valence-electron chi connectivity index (χ4n) is 2.75. The number of aromatic nitrogens is 2. The molecule has 0 atom stereocenters. The molecule has 0 amide bonds. The summed E-state index contributed by atoms with van der Waals surface area (Å²) in [5, 5.41) is 1.10. The average Bonchev–Trinajstić information content (AvgIpc) is 3.02. The zero-order valence-electron chi connectivity index (χ0n) is 14.1. The van der Waals surface area contributed by atoms with Crippen LogP contribution in [-0.2, 0) is 0 Å². The average molecular weight is 346 g/mol. The van der Waals surface area contributed by atoms with Crippen molar-refractivity contribution in [3.8, 4) is 17.0 Å². The van der Waals surface area contributed by atoms with Crippen LogP contribution in [-0.4, -0.2) is 16.5 Å². The summed E-state index contributed by atoms with van der Waals surface area (Å²) in [6.45, 7) is 2.10. The van der Waals surface area contributed by atoms with Gasteiger partial charge in [-0.2, -0.15) is 0 Å². The molecule has 0 aliphatic heterocycles. The van der Waals surface area contributed by atoms with Crippen LogP contribution in [0.3, 0.4) is 0 Å². The van der Waals surface area contributed by atoms with Gasteiger partial charge in [0.05, 0.1) is 7.11 Å². The van der Waals surface area contributed by atoms with E-state index in [-0.39, 0.29) is 0 Å². The highest BCUT2D eigenvalue weighted by molar-refractivity contribution is 7.99. The van der Waals surface area contributed by atoms with Crippen molar-refractivity contribution in [2.24, 2.45) is 0 Å². The van der Waals surface area contributed by atoms with Crippen molar-refractivity contribution < 1.29 is 4.74 Å². The van der Waals surface area contributed by atoms with Crippen LogP contribution in [0.15, 0.2) is 82.8 Å². The maximum Gasteiger partial charge on any atom is 0.138 e. The number of benzene rings is 2. The molecule has 4 rings (SSSR count). The lowest BCUT2D eigenvalue weighted by atomic mass is 10.1. The van der Waals surface area contributed by atoms with Gasteiger partial charge in [-0.15, -0.1) is 0 Å². The summed E-state index contributed by atoms with van der Waals surface area (Å²) in [6.07, 6.45) is 2.06. The molecule has 0 saturated carbocycles. The number of ether oxygens (including phenoxy) is 1. The first-order valence-corrected chi connectivity index (χ1v) is 8.92. The number of aryl methyl sites for hydroxylation is 1. The van der Waals surface area contributed by atoms with E-state index in [1.807, 2.05) is 36.4 Å². The lowest BCUT2D eigenvalue weighted by Crippen LogP contribution is -1.88. The normalized spacial score (nSPS) is 11.0. The second kappa shape index (κ2) is 6.65. The van der Waals surface area contributed by atoms with E-state index in [1.54, 1.807) is 18.9 Å². The summed E-state index contributed by atoms with van der Waals surface area (Å²) in [4.78, 5) is 6.05. The molecule has 25 heavy (non-hydrogen) atoms. The Hall–Kier alpha value is -2.72. The molecule has 2 aromatic carbocycles. The van der Waals surface area contributed by atoms with E-state index >= 15 is 0 Å². The predicted molar refractivity (Wildman–Crippen MR) is 102 cm³/mol. The van der Waals surface area contributed by atoms with Crippen LogP contribution in [0, 0.1) is 6.92 Å². The van der Waals surface area contributed by atoms with Crippen LogP contribution in [0.1, 0.15) is 5.56 Å². The van der Waals surface area contributed by atoms with Crippen LogP contribution in [0.5, 0.6) is 5.75 Å². The number of fused-ring (bicyclic) bond motifs is 1. The van der Waals surface area contributed by atoms with E-state index in [2.05, 4.69) is 47.9 Å². The molecule has 2 heterocycles. The lowest BCUT2D eigenvalue weighted by Gasteiger charge is -2.07. The van der Waals surface area contributed by atoms with Gasteiger partial charge in [0.25, 0.3) is 0 Å². The maximum atomic E-state index is 5.38. The van der Waals surface area contributed by atoms with Gasteiger partial charge in [0.15, 0.2) is 0 Å². The number of imidazole rings is 1. The van der Waals surface area contributed by atoms with Crippen LogP contribution in [0.2, 0.25) is 0 Å². The zero-order chi connectivity index (χ0) is 17.2. The second-order valence-electron chi connectivity index (χ2n) is 5.84. The van der Waals surface area contributed by atoms with E-state index in [0.717, 1.165) is 27.7 Å². The van der Waals surface area contributed by atoms with E-state index < -0.39 is 0 Å². The van der Waals surface area contributed by atoms with Gasteiger partial charge >= 0.3 is 0 Å². The molecule has 3 nitrogen and oxygen atoms in total. The third-order valence-corrected chi connectivity index (χ3v) is 5.16. The Kier molecular flexibility index (Phi) is 4.20. The first-order chi connectivity index (χ1) is 12.2. The smallest absolute Gasteiger partial charge is 0.138 e. The monoisotopic (exact) mass is 346 g/mol. The van der Waals surface area contributed by atoms with Crippen molar-refractivity contribution in [1.29, 1.82) is 0 Å². The minimum absolute atomic E-state index is 0.834. The Bertz CT molecular complexity index is 1020. The van der Waals surface area contributed by atoms with E-state index in [1.165, 1.54) is 10.5 Å². The van der Waals surface area contributed by atoms with Gasteiger partial charge in [0.1, 0.15) is 22.1 Å². The minimum Gasteiger partial charge on any atom is -0.497 e. The van der Waals surface area contributed by atoms with Crippen LogP contribution in [0.25, 0.3) is 16.9 Å². The van der Waals surface area contributed by atoms with Gasteiger partial charge in [-0.25, -0.2) is 4.98 Å². The molecule has 0 fully saturated rings. The third kappa shape index (κ3) is 3.13. The molecule has 0 bridgehead atoms. The molecular weight excluding hydrogens is 328 g/mol. The minimum atomic E-state index is 0.834. The topological polar surface area (TPSA) is 26.5 Å². The van der Waals surface area contributed by atoms with Crippen molar-refractivity contribution in [3.63, 3.8) is 0 Å². The van der Waals surface area contributed by atoms with Crippen LogP contribution < -0.4 is 4.74 Å². The Balaban J connectivity index is 1.87. The van der Waals surface area contributed by atoms with Gasteiger partial charge in [-0.3, -0.25) is 4.40 Å². The van der Waals surface area contributed by atoms with Crippen molar-refractivity contribution in [2.45, 2.75) is 16.8 Å². The molecule has 0 aliphatic rings. The van der Waals surface area contributed by atoms with E-state index in [0.29, 0.717) is 0 Å². The number of nitrogens with zero attached hydrogens (tertiary/aromatic N) is 2. The van der Waals surface area contributed by atoms with E-state index in [9.17, 15) is 0 Å². The first kappa shape index (κ1) is 15.8. The molecule has 0 saturated heterocycles. The summed E-state index contributed by atoms with van der Waals surface area (Å²) in [5.41, 5.74) is 4.22. The van der Waals surface area contributed by atoms with Gasteiger partial charge in [0.2, 0.25) is 0 Å². The largest absolute Gasteiger partial charge is 0.497 e. The SMILES string of the molecule is COc1cccc(-c2nc3ccccn3c2Sc2ccc(C)cc2)c1. The molecule has 2 aromatic heterocycles. The fraction of sp³-hybridized carbons (Fsp3) is 0.0952. The van der Waals surface area contributed by atoms with Gasteiger partial charge in [-0.05, 0) is 43.3 Å². The van der Waals surface area contributed by atoms with Crippen molar-refractivity contribution in [3.05, 3.63) is 78.5 Å². The molecule has 4 aromatic rings. The van der Waals surface area contributed by atoms with Crippen LogP contribution in [0.4, 0.5) is 0 Å². The number of rotatable bonds is 4. The summed E-state index contributed by atoms with van der Waals surface area (Å²) in [7, 11) is 1.69. The highest BCUT2D eigenvalue weighted by Gasteiger charge is 2.15. The number of hydrogen-bond donors (Lipinski definition) is 0. The summed E-state index contributed by atoms with van der Waals surface area (Å²) < 4.78 is 7.52. The Morgan fingerprint density at radius 2 is 1.80 bits per heavy atom. The predicted octanol–water partition coefficient (Wildman–Crippen LogP) is 5.47. The molecule has 0 spiro atoms. The number of pyridine rings is 1. The quantitative estimate of drug-likeness (QED) is 0.490. The van der Waals surface area contributed by atoms with Gasteiger partial charge < -0.3 is 4.74 Å². The van der Waals surface area contributed by atoms with Crippen molar-refractivity contribution >= 4 is 17.4 Å². The zero-order valence-corrected chi connectivity index (χ0v) is 15.0. The van der Waals surface area contributed by atoms with Crippen LogP contribution >= 0.6 is 11.8 Å². The summed E-state index contributed by atoms with van der Waals surface area (Å²) in [6, 6.07) is 22.7. The molecule has 0 N–H and O–H groups in total. The van der Waals surface area contributed by atoms with Crippen molar-refractivity contribution in [2.75, 3.05) is 7.11 Å². The third-order valence-electron chi connectivity index (χ3n) is 4.06. The molecule has 0 aliphatic carbocycles. The summed E-state index contributed by atoms with van der Waals surface area (Å²) in [5.74, 6) is 0.834. The van der Waals surface area contributed by atoms with Crippen molar-refractivity contribution in [1.82, 2.24) is 9.38 Å². The van der Waals surface area contributed by atoms with Gasteiger partial charge in [-0.1, -0.05) is 47.7 Å². The lowest BCUT2D eigenvalue weighted by molar-refractivity contribution is 0.415. The molecule has 124 valence electrons. The highest BCUT2D eigenvalue weighted by Crippen LogP contribution is 2.37. The van der Waals surface area contributed by atoms with E-state index in [4.69, 9.17) is 9.72 Å². The fourth-order valence-corrected chi connectivity index (χ4v) is 3.76. The number of methoxy groups -OCH3 is 1. The molecule has 0 unspecified atom stereocenters. The summed E-state index contributed by atoms with van der Waals surface area (Å²) >= 11 is 1.73. The maximum absolute atomic E-state index is 5.38. The number of hydrogen-bond acceptors (Lipinski definition) is 3. The highest BCUT2D eigenvalue weighted by atomic mass is 32.2. The van der Waals surface area contributed by atoms with Gasteiger partial charge in [0, 0.05) is 16.7 Å². The Morgan fingerprint density at radius 1 is 0.960 bits per heavy atom. The second-order valence-corrected chi connectivity index (χ2v) is 6.90. The Labute approximate surface area is 151 Å². The standard InChI is InChI=1S/C21H18N2OS/c1-15-9-11-18(12-10-15)25-21-20(16-6-5-7-17(14-16)24-2)22-19-8-3-4-13-23(19)21/h3-14H,1-2H3. The molecule has 0 radical (unpaired) electrons.